The lowest BCUT2D eigenvalue weighted by molar-refractivity contribution is -0.122. The van der Waals surface area contributed by atoms with E-state index in [1.165, 1.54) is 0 Å². The molecule has 0 radical (unpaired) electrons. The largest absolute Gasteiger partial charge is 0.484 e. The molecule has 0 atom stereocenters. The molecule has 0 saturated carbocycles. The molecule has 1 aromatic carbocycles. The van der Waals surface area contributed by atoms with Crippen molar-refractivity contribution in [2.45, 2.75) is 0 Å². The molecule has 0 aliphatic carbocycles. The summed E-state index contributed by atoms with van der Waals surface area (Å²) in [5, 5.41) is 2.76. The van der Waals surface area contributed by atoms with E-state index >= 15 is 0 Å². The minimum atomic E-state index is -0.106. The molecule has 1 rings (SSSR count). The first-order valence-electron chi connectivity index (χ1n) is 4.96. The molecule has 0 saturated heterocycles. The number of rotatable bonds is 6. The van der Waals surface area contributed by atoms with Crippen molar-refractivity contribution in [2.24, 2.45) is 0 Å². The van der Waals surface area contributed by atoms with E-state index in [1.807, 2.05) is 6.26 Å². The Hall–Kier alpha value is -1.36. The van der Waals surface area contributed by atoms with E-state index < -0.39 is 0 Å². The summed E-state index contributed by atoms with van der Waals surface area (Å²) >= 11 is 1.69. The summed E-state index contributed by atoms with van der Waals surface area (Å²) in [5.41, 5.74) is 6.20. The predicted octanol–water partition coefficient (Wildman–Crippen LogP) is 1.13. The van der Waals surface area contributed by atoms with Gasteiger partial charge in [-0.15, -0.1) is 0 Å². The van der Waals surface area contributed by atoms with Crippen LogP contribution in [0.1, 0.15) is 0 Å². The number of amides is 1. The molecule has 0 bridgehead atoms. The van der Waals surface area contributed by atoms with Crippen LogP contribution < -0.4 is 15.8 Å². The fourth-order valence-electron chi connectivity index (χ4n) is 1.06. The van der Waals surface area contributed by atoms with Crippen molar-refractivity contribution in [1.29, 1.82) is 0 Å². The molecule has 0 unspecified atom stereocenters. The summed E-state index contributed by atoms with van der Waals surface area (Å²) in [4.78, 5) is 11.3. The van der Waals surface area contributed by atoms with Gasteiger partial charge in [-0.05, 0) is 30.5 Å². The summed E-state index contributed by atoms with van der Waals surface area (Å²) in [6.07, 6.45) is 2.00. The van der Waals surface area contributed by atoms with Crippen LogP contribution in [0.25, 0.3) is 0 Å². The molecule has 5 heteroatoms. The quantitative estimate of drug-likeness (QED) is 0.578. The van der Waals surface area contributed by atoms with Gasteiger partial charge in [-0.1, -0.05) is 0 Å². The van der Waals surface area contributed by atoms with E-state index in [4.69, 9.17) is 10.5 Å². The van der Waals surface area contributed by atoms with Gasteiger partial charge in [0.15, 0.2) is 6.61 Å². The molecule has 0 aliphatic heterocycles. The van der Waals surface area contributed by atoms with Crippen molar-refractivity contribution >= 4 is 23.4 Å². The zero-order valence-corrected chi connectivity index (χ0v) is 10.0. The maximum Gasteiger partial charge on any atom is 0.257 e. The highest BCUT2D eigenvalue weighted by Gasteiger charge is 2.01. The third-order valence-electron chi connectivity index (χ3n) is 1.88. The molecule has 88 valence electrons. The van der Waals surface area contributed by atoms with Crippen LogP contribution >= 0.6 is 11.8 Å². The van der Waals surface area contributed by atoms with Crippen LogP contribution in [0.5, 0.6) is 5.75 Å². The fraction of sp³-hybridized carbons (Fsp3) is 0.364. The number of nitrogens with one attached hydrogen (secondary N) is 1. The van der Waals surface area contributed by atoms with Crippen molar-refractivity contribution in [2.75, 3.05) is 30.9 Å². The van der Waals surface area contributed by atoms with Crippen molar-refractivity contribution in [3.8, 4) is 5.75 Å². The zero-order chi connectivity index (χ0) is 11.8. The van der Waals surface area contributed by atoms with Crippen molar-refractivity contribution < 1.29 is 9.53 Å². The minimum Gasteiger partial charge on any atom is -0.484 e. The van der Waals surface area contributed by atoms with Crippen molar-refractivity contribution in [3.63, 3.8) is 0 Å². The normalized spacial score (nSPS) is 9.81. The van der Waals surface area contributed by atoms with E-state index in [1.54, 1.807) is 36.0 Å². The fourth-order valence-corrected chi connectivity index (χ4v) is 1.36. The van der Waals surface area contributed by atoms with Crippen LogP contribution in [0.2, 0.25) is 0 Å². The van der Waals surface area contributed by atoms with Gasteiger partial charge in [0.05, 0.1) is 0 Å². The molecule has 0 fully saturated rings. The van der Waals surface area contributed by atoms with E-state index in [-0.39, 0.29) is 12.5 Å². The van der Waals surface area contributed by atoms with Gasteiger partial charge in [0.25, 0.3) is 5.91 Å². The number of nitrogens with two attached hydrogens (primary N) is 1. The average Bonchev–Trinajstić information content (AvgIpc) is 2.29. The number of carbonyl (C=O) groups excluding carboxylic acids is 1. The van der Waals surface area contributed by atoms with Crippen LogP contribution in [0.15, 0.2) is 24.3 Å². The first-order chi connectivity index (χ1) is 7.72. The highest BCUT2D eigenvalue weighted by Crippen LogP contribution is 2.12. The molecule has 1 aromatic rings. The van der Waals surface area contributed by atoms with Gasteiger partial charge in [-0.3, -0.25) is 4.79 Å². The van der Waals surface area contributed by atoms with Gasteiger partial charge in [0.2, 0.25) is 0 Å². The molecule has 0 heterocycles. The Morgan fingerprint density at radius 1 is 1.44 bits per heavy atom. The molecule has 16 heavy (non-hydrogen) atoms. The molecule has 0 aromatic heterocycles. The summed E-state index contributed by atoms with van der Waals surface area (Å²) in [6.45, 7) is 0.712. The third-order valence-corrected chi connectivity index (χ3v) is 2.49. The van der Waals surface area contributed by atoms with Crippen LogP contribution in [-0.4, -0.2) is 31.1 Å². The molecular weight excluding hydrogens is 224 g/mol. The summed E-state index contributed by atoms with van der Waals surface area (Å²) in [7, 11) is 0. The number of benzene rings is 1. The Morgan fingerprint density at radius 2 is 2.12 bits per heavy atom. The maximum absolute atomic E-state index is 11.3. The monoisotopic (exact) mass is 240 g/mol. The van der Waals surface area contributed by atoms with Crippen molar-refractivity contribution in [1.82, 2.24) is 5.32 Å². The van der Waals surface area contributed by atoms with Gasteiger partial charge in [0.1, 0.15) is 5.75 Å². The number of ether oxygens (including phenoxy) is 1. The van der Waals surface area contributed by atoms with Crippen molar-refractivity contribution in [3.05, 3.63) is 24.3 Å². The molecule has 4 nitrogen and oxygen atoms in total. The molecule has 1 amide bonds. The smallest absolute Gasteiger partial charge is 0.257 e. The second-order valence-corrected chi connectivity index (χ2v) is 4.19. The van der Waals surface area contributed by atoms with Gasteiger partial charge in [0, 0.05) is 18.0 Å². The highest BCUT2D eigenvalue weighted by molar-refractivity contribution is 7.98. The predicted molar refractivity (Wildman–Crippen MR) is 67.7 cm³/mol. The Labute approximate surface area is 99.5 Å². The van der Waals surface area contributed by atoms with Gasteiger partial charge in [-0.2, -0.15) is 11.8 Å². The number of hydrogen-bond donors (Lipinski definition) is 2. The molecular formula is C11H16N2O2S. The number of carbonyl (C=O) groups is 1. The molecule has 3 N–H and O–H groups in total. The zero-order valence-electron chi connectivity index (χ0n) is 9.23. The Kier molecular flexibility index (Phi) is 5.56. The topological polar surface area (TPSA) is 64.3 Å². The van der Waals surface area contributed by atoms with Crippen LogP contribution in [-0.2, 0) is 4.79 Å². The SMILES string of the molecule is CSCCNC(=O)COc1ccc(N)cc1. The number of hydrogen-bond acceptors (Lipinski definition) is 4. The first kappa shape index (κ1) is 12.7. The Balaban J connectivity index is 2.23. The van der Waals surface area contributed by atoms with Gasteiger partial charge >= 0.3 is 0 Å². The van der Waals surface area contributed by atoms with E-state index in [2.05, 4.69) is 5.32 Å². The highest BCUT2D eigenvalue weighted by atomic mass is 32.2. The summed E-state index contributed by atoms with van der Waals surface area (Å²) in [5.74, 6) is 1.45. The lowest BCUT2D eigenvalue weighted by atomic mass is 10.3. The average molecular weight is 240 g/mol. The Morgan fingerprint density at radius 3 is 2.75 bits per heavy atom. The standard InChI is InChI=1S/C11H16N2O2S/c1-16-7-6-13-11(14)8-15-10-4-2-9(12)3-5-10/h2-5H,6-8,12H2,1H3,(H,13,14). The van der Waals surface area contributed by atoms with Gasteiger partial charge in [-0.25, -0.2) is 0 Å². The molecule has 0 aliphatic rings. The summed E-state index contributed by atoms with van der Waals surface area (Å²) < 4.78 is 5.28. The molecule has 0 spiro atoms. The van der Waals surface area contributed by atoms with Crippen LogP contribution in [0, 0.1) is 0 Å². The van der Waals surface area contributed by atoms with Crippen LogP contribution in [0.3, 0.4) is 0 Å². The number of anilines is 1. The van der Waals surface area contributed by atoms with E-state index in [0.717, 1.165) is 5.75 Å². The minimum absolute atomic E-state index is 0.0400. The lowest BCUT2D eigenvalue weighted by Gasteiger charge is -2.06. The second-order valence-electron chi connectivity index (χ2n) is 3.20. The lowest BCUT2D eigenvalue weighted by Crippen LogP contribution is -2.30. The van der Waals surface area contributed by atoms with Crippen LogP contribution in [0.4, 0.5) is 5.69 Å². The number of nitrogen functional groups attached to an aromatic ring is 1. The maximum atomic E-state index is 11.3. The van der Waals surface area contributed by atoms with E-state index in [0.29, 0.717) is 18.0 Å². The first-order valence-corrected chi connectivity index (χ1v) is 6.35. The Bertz CT molecular complexity index is 327. The van der Waals surface area contributed by atoms with Gasteiger partial charge < -0.3 is 15.8 Å². The second kappa shape index (κ2) is 7.00. The third kappa shape index (κ3) is 4.93. The summed E-state index contributed by atoms with van der Waals surface area (Å²) in [6, 6.07) is 6.96. The van der Waals surface area contributed by atoms with E-state index in [9.17, 15) is 4.79 Å². The number of thioether (sulfide) groups is 1.